The highest BCUT2D eigenvalue weighted by molar-refractivity contribution is 6.30. The molecule has 0 amide bonds. The lowest BCUT2D eigenvalue weighted by atomic mass is 10.2. The summed E-state index contributed by atoms with van der Waals surface area (Å²) in [7, 11) is 0. The van der Waals surface area contributed by atoms with E-state index in [0.717, 1.165) is 30.8 Å². The minimum absolute atomic E-state index is 0.270. The number of anilines is 1. The largest absolute Gasteiger partial charge is 0.463 e. The fraction of sp³-hybridized carbons (Fsp3) is 0.357. The van der Waals surface area contributed by atoms with Gasteiger partial charge >= 0.3 is 5.97 Å². The van der Waals surface area contributed by atoms with E-state index in [0.29, 0.717) is 11.6 Å². The van der Waals surface area contributed by atoms with Crippen LogP contribution in [0.15, 0.2) is 36.0 Å². The topological polar surface area (TPSA) is 29.5 Å². The predicted octanol–water partition coefficient (Wildman–Crippen LogP) is 3.39. The lowest BCUT2D eigenvalue weighted by Gasteiger charge is -2.20. The fourth-order valence-electron chi connectivity index (χ4n) is 2.08. The summed E-state index contributed by atoms with van der Waals surface area (Å²) in [5, 5.41) is 0.717. The van der Waals surface area contributed by atoms with Crippen LogP contribution in [0.3, 0.4) is 0 Å². The molecule has 18 heavy (non-hydrogen) atoms. The first kappa shape index (κ1) is 13.0. The number of esters is 1. The van der Waals surface area contributed by atoms with Gasteiger partial charge in [0.25, 0.3) is 0 Å². The Hall–Kier alpha value is -1.48. The summed E-state index contributed by atoms with van der Waals surface area (Å²) in [4.78, 5) is 13.6. The minimum Gasteiger partial charge on any atom is -0.463 e. The van der Waals surface area contributed by atoms with Gasteiger partial charge in [-0.25, -0.2) is 4.79 Å². The van der Waals surface area contributed by atoms with Crippen LogP contribution in [0.4, 0.5) is 5.69 Å². The van der Waals surface area contributed by atoms with E-state index in [2.05, 4.69) is 4.90 Å². The van der Waals surface area contributed by atoms with Gasteiger partial charge < -0.3 is 9.64 Å². The molecular weight excluding hydrogens is 250 g/mol. The second-order valence-electron chi connectivity index (χ2n) is 4.12. The average molecular weight is 266 g/mol. The molecule has 1 aliphatic heterocycles. The third kappa shape index (κ3) is 3.05. The molecule has 0 radical (unpaired) electrons. The zero-order valence-electron chi connectivity index (χ0n) is 10.4. The third-order valence-electron chi connectivity index (χ3n) is 2.87. The van der Waals surface area contributed by atoms with Crippen molar-refractivity contribution in [3.8, 4) is 0 Å². The van der Waals surface area contributed by atoms with Crippen molar-refractivity contribution in [1.29, 1.82) is 0 Å². The Labute approximate surface area is 112 Å². The number of hydrogen-bond acceptors (Lipinski definition) is 3. The summed E-state index contributed by atoms with van der Waals surface area (Å²) < 4.78 is 4.94. The Balaban J connectivity index is 2.17. The van der Waals surface area contributed by atoms with Gasteiger partial charge in [-0.15, -0.1) is 0 Å². The molecule has 0 unspecified atom stereocenters. The van der Waals surface area contributed by atoms with Crippen LogP contribution in [0.5, 0.6) is 0 Å². The summed E-state index contributed by atoms with van der Waals surface area (Å²) in [6.45, 7) is 3.14. The summed E-state index contributed by atoms with van der Waals surface area (Å²) >= 11 is 5.87. The second-order valence-corrected chi connectivity index (χ2v) is 4.56. The van der Waals surface area contributed by atoms with Gasteiger partial charge in [0, 0.05) is 29.0 Å². The molecule has 0 spiro atoms. The molecule has 0 bridgehead atoms. The van der Waals surface area contributed by atoms with E-state index in [1.165, 1.54) is 0 Å². The van der Waals surface area contributed by atoms with Gasteiger partial charge in [0.1, 0.15) is 0 Å². The molecule has 96 valence electrons. The minimum atomic E-state index is -0.270. The summed E-state index contributed by atoms with van der Waals surface area (Å²) in [6.07, 6.45) is 3.54. The summed E-state index contributed by atoms with van der Waals surface area (Å²) in [5.41, 5.74) is 2.07. The number of allylic oxidation sites excluding steroid dienone is 1. The molecule has 1 aromatic rings. The molecule has 0 aromatic heterocycles. The van der Waals surface area contributed by atoms with Gasteiger partial charge in [0.2, 0.25) is 0 Å². The number of nitrogens with zero attached hydrogens (tertiary/aromatic N) is 1. The maximum absolute atomic E-state index is 11.5. The first-order valence-corrected chi connectivity index (χ1v) is 6.49. The van der Waals surface area contributed by atoms with Gasteiger partial charge in [0.15, 0.2) is 0 Å². The predicted molar refractivity (Wildman–Crippen MR) is 72.7 cm³/mol. The van der Waals surface area contributed by atoms with Crippen molar-refractivity contribution in [2.75, 3.05) is 18.1 Å². The number of hydrogen-bond donors (Lipinski definition) is 0. The van der Waals surface area contributed by atoms with Crippen LogP contribution in [0.1, 0.15) is 19.8 Å². The summed E-state index contributed by atoms with van der Waals surface area (Å²) in [5.74, 6) is -0.270. The van der Waals surface area contributed by atoms with Gasteiger partial charge in [-0.1, -0.05) is 11.6 Å². The maximum atomic E-state index is 11.5. The molecule has 4 heteroatoms. The van der Waals surface area contributed by atoms with E-state index in [-0.39, 0.29) is 5.97 Å². The Morgan fingerprint density at radius 2 is 2.17 bits per heavy atom. The van der Waals surface area contributed by atoms with Gasteiger partial charge in [-0.2, -0.15) is 0 Å². The Morgan fingerprint density at radius 3 is 2.83 bits per heavy atom. The van der Waals surface area contributed by atoms with E-state index >= 15 is 0 Å². The first-order valence-electron chi connectivity index (χ1n) is 6.11. The fourth-order valence-corrected chi connectivity index (χ4v) is 2.21. The monoisotopic (exact) mass is 265 g/mol. The number of rotatable bonds is 3. The van der Waals surface area contributed by atoms with E-state index in [9.17, 15) is 4.79 Å². The van der Waals surface area contributed by atoms with Crippen LogP contribution in [0, 0.1) is 0 Å². The van der Waals surface area contributed by atoms with Crippen LogP contribution in [-0.4, -0.2) is 19.1 Å². The number of halogens is 1. The summed E-state index contributed by atoms with van der Waals surface area (Å²) in [6, 6.07) is 7.65. The van der Waals surface area contributed by atoms with E-state index < -0.39 is 0 Å². The molecule has 0 atom stereocenters. The third-order valence-corrected chi connectivity index (χ3v) is 3.12. The molecule has 0 N–H and O–H groups in total. The Bertz CT molecular complexity index is 453. The van der Waals surface area contributed by atoms with Gasteiger partial charge in [0.05, 0.1) is 6.61 Å². The normalized spacial score (nSPS) is 17.2. The van der Waals surface area contributed by atoms with E-state index in [1.807, 2.05) is 31.2 Å². The smallest absolute Gasteiger partial charge is 0.332 e. The van der Waals surface area contributed by atoms with Crippen LogP contribution in [0.2, 0.25) is 5.02 Å². The van der Waals surface area contributed by atoms with Crippen LogP contribution in [0.25, 0.3) is 0 Å². The Morgan fingerprint density at radius 1 is 1.44 bits per heavy atom. The molecule has 1 aromatic carbocycles. The van der Waals surface area contributed by atoms with Crippen molar-refractivity contribution >= 4 is 23.3 Å². The SMILES string of the molecule is CCOC(=O)/C=C1\CCCN1c1ccc(Cl)cc1. The zero-order chi connectivity index (χ0) is 13.0. The van der Waals surface area contributed by atoms with Crippen LogP contribution in [-0.2, 0) is 9.53 Å². The lowest BCUT2D eigenvalue weighted by Crippen LogP contribution is -2.17. The molecular formula is C14H16ClNO2. The highest BCUT2D eigenvalue weighted by Crippen LogP contribution is 2.29. The molecule has 1 fully saturated rings. The van der Waals surface area contributed by atoms with Crippen LogP contribution >= 0.6 is 11.6 Å². The van der Waals surface area contributed by atoms with Crippen molar-refractivity contribution in [3.05, 3.63) is 41.1 Å². The molecule has 0 aliphatic carbocycles. The van der Waals surface area contributed by atoms with Crippen molar-refractivity contribution < 1.29 is 9.53 Å². The lowest BCUT2D eigenvalue weighted by molar-refractivity contribution is -0.137. The average Bonchev–Trinajstić information content (AvgIpc) is 2.78. The van der Waals surface area contributed by atoms with Crippen LogP contribution < -0.4 is 4.90 Å². The van der Waals surface area contributed by atoms with Crippen molar-refractivity contribution in [1.82, 2.24) is 0 Å². The van der Waals surface area contributed by atoms with Crippen molar-refractivity contribution in [2.24, 2.45) is 0 Å². The molecule has 1 saturated heterocycles. The molecule has 1 aliphatic rings. The van der Waals surface area contributed by atoms with Gasteiger partial charge in [-0.3, -0.25) is 0 Å². The standard InChI is InChI=1S/C14H16ClNO2/c1-2-18-14(17)10-13-4-3-9-16(13)12-7-5-11(15)6-8-12/h5-8,10H,2-4,9H2,1H3/b13-10+. The van der Waals surface area contributed by atoms with E-state index in [1.54, 1.807) is 6.08 Å². The number of benzene rings is 1. The first-order chi connectivity index (χ1) is 8.70. The van der Waals surface area contributed by atoms with Crippen molar-refractivity contribution in [2.45, 2.75) is 19.8 Å². The number of carbonyl (C=O) groups excluding carboxylic acids is 1. The van der Waals surface area contributed by atoms with Gasteiger partial charge in [-0.05, 0) is 44.0 Å². The highest BCUT2D eigenvalue weighted by atomic mass is 35.5. The molecule has 2 rings (SSSR count). The van der Waals surface area contributed by atoms with E-state index in [4.69, 9.17) is 16.3 Å². The maximum Gasteiger partial charge on any atom is 0.332 e. The number of ether oxygens (including phenoxy) is 1. The second kappa shape index (κ2) is 5.91. The molecule has 0 saturated carbocycles. The Kier molecular flexibility index (Phi) is 4.26. The number of carbonyl (C=O) groups is 1. The molecule has 3 nitrogen and oxygen atoms in total. The van der Waals surface area contributed by atoms with Crippen molar-refractivity contribution in [3.63, 3.8) is 0 Å². The zero-order valence-corrected chi connectivity index (χ0v) is 11.1. The quantitative estimate of drug-likeness (QED) is 0.620. The highest BCUT2D eigenvalue weighted by Gasteiger charge is 2.19. The molecule has 1 heterocycles.